The summed E-state index contributed by atoms with van der Waals surface area (Å²) < 4.78 is 3.91. The van der Waals surface area contributed by atoms with Crippen LogP contribution >= 0.6 is 11.5 Å². The second-order valence-corrected chi connectivity index (χ2v) is 5.90. The summed E-state index contributed by atoms with van der Waals surface area (Å²) in [7, 11) is 0. The number of nitrogens with zero attached hydrogens (tertiary/aromatic N) is 5. The van der Waals surface area contributed by atoms with E-state index in [0.29, 0.717) is 4.88 Å². The van der Waals surface area contributed by atoms with E-state index >= 15 is 0 Å². The minimum atomic E-state index is 0.0108. The molecule has 1 aliphatic rings. The Hall–Kier alpha value is -1.89. The lowest BCUT2D eigenvalue weighted by molar-refractivity contribution is 0.0736. The lowest BCUT2D eigenvalue weighted by Gasteiger charge is -2.23. The predicted molar refractivity (Wildman–Crippen MR) is 79.1 cm³/mol. The highest BCUT2D eigenvalue weighted by atomic mass is 32.1. The van der Waals surface area contributed by atoms with Gasteiger partial charge < -0.3 is 4.90 Å². The van der Waals surface area contributed by atoms with E-state index < -0.39 is 0 Å². The van der Waals surface area contributed by atoms with Crippen molar-refractivity contribution in [1.29, 1.82) is 0 Å². The Morgan fingerprint density at radius 2 is 2.33 bits per heavy atom. The highest BCUT2D eigenvalue weighted by molar-refractivity contribution is 7.08. The molecule has 3 heterocycles. The fourth-order valence-electron chi connectivity index (χ4n) is 2.69. The number of carbonyl (C=O) groups excluding carboxylic acids is 1. The summed E-state index contributed by atoms with van der Waals surface area (Å²) in [6, 6.07) is 0.0108. The number of aryl methyl sites for hydroxylation is 2. The zero-order valence-corrected chi connectivity index (χ0v) is 12.9. The zero-order chi connectivity index (χ0) is 14.8. The van der Waals surface area contributed by atoms with Gasteiger partial charge in [-0.3, -0.25) is 14.8 Å². The number of likely N-dealkylation sites (tertiary alicyclic amines) is 1. The van der Waals surface area contributed by atoms with E-state index in [4.69, 9.17) is 0 Å². The molecule has 0 N–H and O–H groups in total. The first-order chi connectivity index (χ1) is 10.2. The van der Waals surface area contributed by atoms with E-state index in [-0.39, 0.29) is 11.9 Å². The Bertz CT molecular complexity index is 656. The molecular weight excluding hydrogens is 286 g/mol. The molecule has 0 radical (unpaired) electrons. The van der Waals surface area contributed by atoms with Gasteiger partial charge in [-0.1, -0.05) is 11.4 Å². The van der Waals surface area contributed by atoms with Gasteiger partial charge in [-0.05, 0) is 37.7 Å². The normalized spacial score (nSPS) is 18.2. The van der Waals surface area contributed by atoms with E-state index in [0.717, 1.165) is 42.9 Å². The fraction of sp³-hybridized carbons (Fsp3) is 0.500. The van der Waals surface area contributed by atoms with Crippen molar-refractivity contribution in [3.8, 4) is 0 Å². The maximum atomic E-state index is 12.8. The Morgan fingerprint density at radius 3 is 3.10 bits per heavy atom. The van der Waals surface area contributed by atoms with Crippen molar-refractivity contribution in [3.63, 3.8) is 0 Å². The minimum Gasteiger partial charge on any atom is -0.329 e. The smallest absolute Gasteiger partial charge is 0.268 e. The van der Waals surface area contributed by atoms with Crippen LogP contribution in [-0.2, 0) is 6.42 Å². The second-order valence-electron chi connectivity index (χ2n) is 5.14. The molecule has 6 nitrogen and oxygen atoms in total. The molecule has 1 fully saturated rings. The Balaban J connectivity index is 1.89. The standard InChI is InChI=1S/C14H17N5OS/c1-3-10-13(21-18-17-10)14(20)19-6-4-5-12(19)11-8-15-7-9(2)16-11/h7-8,12H,3-6H2,1-2H3. The summed E-state index contributed by atoms with van der Waals surface area (Å²) in [6.45, 7) is 4.65. The Morgan fingerprint density at radius 1 is 1.48 bits per heavy atom. The first kappa shape index (κ1) is 14.1. The second kappa shape index (κ2) is 5.85. The molecule has 0 aliphatic carbocycles. The predicted octanol–water partition coefficient (Wildman–Crippen LogP) is 2.18. The minimum absolute atomic E-state index is 0.0108. The van der Waals surface area contributed by atoms with Crippen molar-refractivity contribution in [1.82, 2.24) is 24.5 Å². The molecule has 0 bridgehead atoms. The Labute approximate surface area is 127 Å². The lowest BCUT2D eigenvalue weighted by Crippen LogP contribution is -2.31. The molecule has 1 unspecified atom stereocenters. The van der Waals surface area contributed by atoms with Crippen molar-refractivity contribution in [3.05, 3.63) is 34.4 Å². The third kappa shape index (κ3) is 2.65. The van der Waals surface area contributed by atoms with Crippen molar-refractivity contribution in [2.45, 2.75) is 39.2 Å². The molecule has 0 aromatic carbocycles. The van der Waals surface area contributed by atoms with E-state index in [1.165, 1.54) is 11.5 Å². The molecule has 2 aromatic heterocycles. The van der Waals surface area contributed by atoms with Crippen molar-refractivity contribution in [2.75, 3.05) is 6.54 Å². The molecule has 3 rings (SSSR count). The van der Waals surface area contributed by atoms with Gasteiger partial charge in [-0.25, -0.2) is 0 Å². The summed E-state index contributed by atoms with van der Waals surface area (Å²) >= 11 is 1.18. The van der Waals surface area contributed by atoms with Crippen LogP contribution < -0.4 is 0 Å². The third-order valence-corrected chi connectivity index (χ3v) is 4.47. The van der Waals surface area contributed by atoms with E-state index in [9.17, 15) is 4.79 Å². The lowest BCUT2D eigenvalue weighted by atomic mass is 10.1. The van der Waals surface area contributed by atoms with Crippen molar-refractivity contribution >= 4 is 17.4 Å². The van der Waals surface area contributed by atoms with Crippen LogP contribution in [0.15, 0.2) is 12.4 Å². The molecule has 0 spiro atoms. The van der Waals surface area contributed by atoms with Gasteiger partial charge in [0.15, 0.2) is 0 Å². The number of carbonyl (C=O) groups is 1. The van der Waals surface area contributed by atoms with Crippen LogP contribution in [0.5, 0.6) is 0 Å². The van der Waals surface area contributed by atoms with E-state index in [2.05, 4.69) is 19.6 Å². The number of aromatic nitrogens is 4. The summed E-state index contributed by atoms with van der Waals surface area (Å²) in [5.74, 6) is 0.0210. The van der Waals surface area contributed by atoms with E-state index in [1.807, 2.05) is 18.7 Å². The first-order valence-electron chi connectivity index (χ1n) is 7.11. The van der Waals surface area contributed by atoms with Crippen LogP contribution in [-0.4, -0.2) is 36.9 Å². The number of hydrogen-bond acceptors (Lipinski definition) is 6. The van der Waals surface area contributed by atoms with Gasteiger partial charge >= 0.3 is 0 Å². The van der Waals surface area contributed by atoms with Gasteiger partial charge in [-0.15, -0.1) is 5.10 Å². The number of amides is 1. The van der Waals surface area contributed by atoms with Crippen molar-refractivity contribution in [2.24, 2.45) is 0 Å². The molecule has 110 valence electrons. The molecule has 0 saturated carbocycles. The van der Waals surface area contributed by atoms with Crippen molar-refractivity contribution < 1.29 is 4.79 Å². The van der Waals surface area contributed by atoms with Crippen LogP contribution in [0.4, 0.5) is 0 Å². The van der Waals surface area contributed by atoms with Crippen LogP contribution in [0.2, 0.25) is 0 Å². The molecule has 2 aromatic rings. The first-order valence-corrected chi connectivity index (χ1v) is 7.88. The summed E-state index contributed by atoms with van der Waals surface area (Å²) in [6.07, 6.45) is 6.12. The summed E-state index contributed by atoms with van der Waals surface area (Å²) in [5, 5.41) is 4.03. The van der Waals surface area contributed by atoms with Crippen LogP contribution in [0.25, 0.3) is 0 Å². The SMILES string of the molecule is CCc1nnsc1C(=O)N1CCCC1c1cncc(C)n1. The van der Waals surface area contributed by atoms with Gasteiger partial charge in [0, 0.05) is 12.7 Å². The summed E-state index contributed by atoms with van der Waals surface area (Å²) in [5.41, 5.74) is 2.53. The molecule has 21 heavy (non-hydrogen) atoms. The van der Waals surface area contributed by atoms with Gasteiger partial charge in [0.25, 0.3) is 5.91 Å². The number of hydrogen-bond donors (Lipinski definition) is 0. The highest BCUT2D eigenvalue weighted by Crippen LogP contribution is 2.32. The monoisotopic (exact) mass is 303 g/mol. The van der Waals surface area contributed by atoms with Crippen LogP contribution in [0.3, 0.4) is 0 Å². The van der Waals surface area contributed by atoms with Crippen LogP contribution in [0.1, 0.15) is 52.6 Å². The van der Waals surface area contributed by atoms with E-state index in [1.54, 1.807) is 12.4 Å². The molecule has 1 amide bonds. The maximum Gasteiger partial charge on any atom is 0.268 e. The molecule has 1 atom stereocenters. The average molecular weight is 303 g/mol. The van der Waals surface area contributed by atoms with Gasteiger partial charge in [0.1, 0.15) is 4.88 Å². The third-order valence-electron chi connectivity index (χ3n) is 3.71. The molecule has 7 heteroatoms. The molecule has 1 aliphatic heterocycles. The molecular formula is C14H17N5OS. The van der Waals surface area contributed by atoms with Crippen LogP contribution in [0, 0.1) is 6.92 Å². The van der Waals surface area contributed by atoms with Gasteiger partial charge in [-0.2, -0.15) is 0 Å². The zero-order valence-electron chi connectivity index (χ0n) is 12.1. The van der Waals surface area contributed by atoms with Gasteiger partial charge in [0.2, 0.25) is 0 Å². The number of rotatable bonds is 3. The maximum absolute atomic E-state index is 12.8. The molecule has 1 saturated heterocycles. The summed E-state index contributed by atoms with van der Waals surface area (Å²) in [4.78, 5) is 24.0. The highest BCUT2D eigenvalue weighted by Gasteiger charge is 2.33. The van der Waals surface area contributed by atoms with Gasteiger partial charge in [0.05, 0.1) is 29.3 Å². The quantitative estimate of drug-likeness (QED) is 0.869. The fourth-order valence-corrected chi connectivity index (χ4v) is 3.40. The average Bonchev–Trinajstić information content (AvgIpc) is 3.15. The Kier molecular flexibility index (Phi) is 3.92. The topological polar surface area (TPSA) is 71.9 Å². The largest absolute Gasteiger partial charge is 0.329 e.